The van der Waals surface area contributed by atoms with Crippen LogP contribution in [0.4, 0.5) is 4.39 Å². The molecular weight excluding hydrogens is 423 g/mol. The first-order valence-corrected chi connectivity index (χ1v) is 11.5. The van der Waals surface area contributed by atoms with Gasteiger partial charge >= 0.3 is 0 Å². The van der Waals surface area contributed by atoms with Crippen molar-refractivity contribution in [3.05, 3.63) is 59.4 Å². The smallest absolute Gasteiger partial charge is 0.251 e. The highest BCUT2D eigenvalue weighted by Crippen LogP contribution is 2.24. The van der Waals surface area contributed by atoms with Crippen molar-refractivity contribution < 1.29 is 27.1 Å². The van der Waals surface area contributed by atoms with Gasteiger partial charge in [0, 0.05) is 18.7 Å². The number of sulfonamides is 1. The van der Waals surface area contributed by atoms with Gasteiger partial charge in [-0.05, 0) is 56.7 Å². The summed E-state index contributed by atoms with van der Waals surface area (Å²) in [6, 6.07) is 9.86. The number of morpholine rings is 1. The maximum Gasteiger partial charge on any atom is 0.251 e. The fraction of sp³-hybridized carbons (Fsp3) is 0.409. The molecule has 168 valence electrons. The van der Waals surface area contributed by atoms with Crippen molar-refractivity contribution in [3.63, 3.8) is 0 Å². The van der Waals surface area contributed by atoms with Crippen molar-refractivity contribution in [2.24, 2.45) is 0 Å². The highest BCUT2D eigenvalue weighted by molar-refractivity contribution is 7.89. The number of carbonyl (C=O) groups excluding carboxylic acids is 1. The Morgan fingerprint density at radius 3 is 2.48 bits per heavy atom. The molecule has 3 rings (SSSR count). The minimum atomic E-state index is -3.77. The molecule has 3 atom stereocenters. The number of ether oxygens (including phenoxy) is 2. The molecule has 9 heteroatoms. The maximum atomic E-state index is 14.0. The van der Waals surface area contributed by atoms with Crippen LogP contribution in [0.5, 0.6) is 5.75 Å². The second kappa shape index (κ2) is 9.33. The third-order valence-electron chi connectivity index (χ3n) is 5.14. The molecule has 3 unspecified atom stereocenters. The number of hydrogen-bond donors (Lipinski definition) is 1. The van der Waals surface area contributed by atoms with Crippen molar-refractivity contribution in [1.29, 1.82) is 0 Å². The van der Waals surface area contributed by atoms with E-state index in [4.69, 9.17) is 9.47 Å². The fourth-order valence-corrected chi connectivity index (χ4v) is 5.23. The zero-order valence-electron chi connectivity index (χ0n) is 18.0. The van der Waals surface area contributed by atoms with E-state index in [0.29, 0.717) is 5.56 Å². The van der Waals surface area contributed by atoms with Gasteiger partial charge in [-0.3, -0.25) is 4.79 Å². The Kier molecular flexibility index (Phi) is 6.98. The molecule has 1 aliphatic rings. The lowest BCUT2D eigenvalue weighted by atomic mass is 10.1. The lowest BCUT2D eigenvalue weighted by Gasteiger charge is -2.34. The van der Waals surface area contributed by atoms with Crippen LogP contribution < -0.4 is 10.1 Å². The number of hydrogen-bond acceptors (Lipinski definition) is 5. The quantitative estimate of drug-likeness (QED) is 0.731. The van der Waals surface area contributed by atoms with E-state index in [1.165, 1.54) is 41.7 Å². The van der Waals surface area contributed by atoms with Crippen molar-refractivity contribution in [2.75, 3.05) is 20.2 Å². The number of nitrogens with zero attached hydrogens (tertiary/aromatic N) is 1. The number of halogens is 1. The summed E-state index contributed by atoms with van der Waals surface area (Å²) in [6.07, 6.45) is -0.425. The number of rotatable bonds is 6. The maximum absolute atomic E-state index is 14.0. The van der Waals surface area contributed by atoms with Crippen molar-refractivity contribution >= 4 is 15.9 Å². The Hall–Kier alpha value is -2.49. The number of nitrogens with one attached hydrogen (secondary N) is 1. The van der Waals surface area contributed by atoms with E-state index < -0.39 is 27.8 Å². The molecule has 7 nitrogen and oxygen atoms in total. The summed E-state index contributed by atoms with van der Waals surface area (Å²) in [5.41, 5.74) is 0.767. The van der Waals surface area contributed by atoms with Crippen LogP contribution in [0.3, 0.4) is 0 Å². The van der Waals surface area contributed by atoms with E-state index in [1.54, 1.807) is 19.1 Å². The number of benzene rings is 2. The van der Waals surface area contributed by atoms with Crippen LogP contribution in [0.1, 0.15) is 42.7 Å². The van der Waals surface area contributed by atoms with Crippen LogP contribution in [-0.2, 0) is 14.8 Å². The molecule has 0 spiro atoms. The summed E-state index contributed by atoms with van der Waals surface area (Å²) in [7, 11) is -2.39. The van der Waals surface area contributed by atoms with Gasteiger partial charge < -0.3 is 14.8 Å². The average molecular weight is 451 g/mol. The molecule has 0 bridgehead atoms. The summed E-state index contributed by atoms with van der Waals surface area (Å²) in [4.78, 5) is 12.8. The van der Waals surface area contributed by atoms with E-state index in [9.17, 15) is 17.6 Å². The number of carbonyl (C=O) groups is 1. The third kappa shape index (κ3) is 5.23. The second-order valence-electron chi connectivity index (χ2n) is 7.70. The second-order valence-corrected chi connectivity index (χ2v) is 9.63. The molecule has 1 amide bonds. The monoisotopic (exact) mass is 450 g/mol. The first-order chi connectivity index (χ1) is 14.6. The van der Waals surface area contributed by atoms with Gasteiger partial charge in [0.25, 0.3) is 5.91 Å². The Morgan fingerprint density at radius 2 is 1.87 bits per heavy atom. The van der Waals surface area contributed by atoms with Crippen LogP contribution in [0.2, 0.25) is 0 Å². The predicted octanol–water partition coefficient (Wildman–Crippen LogP) is 3.12. The molecule has 1 heterocycles. The van der Waals surface area contributed by atoms with Gasteiger partial charge in [0.1, 0.15) is 0 Å². The fourth-order valence-electron chi connectivity index (χ4n) is 3.59. The molecule has 1 N–H and O–H groups in total. The molecule has 0 aromatic heterocycles. The van der Waals surface area contributed by atoms with Crippen LogP contribution in [0, 0.1) is 5.82 Å². The molecule has 31 heavy (non-hydrogen) atoms. The van der Waals surface area contributed by atoms with Crippen LogP contribution >= 0.6 is 0 Å². The molecular formula is C22H27FN2O5S. The molecule has 2 aromatic rings. The molecule has 2 aromatic carbocycles. The zero-order valence-corrected chi connectivity index (χ0v) is 18.8. The lowest BCUT2D eigenvalue weighted by molar-refractivity contribution is -0.0440. The SMILES string of the molecule is COc1ccc(C(C)NC(=O)c2cccc(S(=O)(=O)N3CC(C)OC(C)C3)c2)cc1F. The molecule has 1 fully saturated rings. The highest BCUT2D eigenvalue weighted by atomic mass is 32.2. The Balaban J connectivity index is 1.77. The van der Waals surface area contributed by atoms with E-state index >= 15 is 0 Å². The summed E-state index contributed by atoms with van der Waals surface area (Å²) < 4.78 is 52.0. The Bertz CT molecular complexity index is 1050. The summed E-state index contributed by atoms with van der Waals surface area (Å²) in [6.45, 7) is 5.87. The molecule has 0 saturated carbocycles. The topological polar surface area (TPSA) is 84.9 Å². The first-order valence-electron chi connectivity index (χ1n) is 10.0. The number of methoxy groups -OCH3 is 1. The third-order valence-corrected chi connectivity index (χ3v) is 6.97. The van der Waals surface area contributed by atoms with Gasteiger partial charge in [0.2, 0.25) is 10.0 Å². The zero-order chi connectivity index (χ0) is 22.8. The van der Waals surface area contributed by atoms with Gasteiger partial charge in [-0.2, -0.15) is 4.31 Å². The molecule has 0 aliphatic carbocycles. The lowest BCUT2D eigenvalue weighted by Crippen LogP contribution is -2.48. The van der Waals surface area contributed by atoms with Crippen molar-refractivity contribution in [3.8, 4) is 5.75 Å². The van der Waals surface area contributed by atoms with Crippen LogP contribution in [0.25, 0.3) is 0 Å². The van der Waals surface area contributed by atoms with Crippen LogP contribution in [0.15, 0.2) is 47.4 Å². The average Bonchev–Trinajstić information content (AvgIpc) is 2.73. The van der Waals surface area contributed by atoms with E-state index in [0.717, 1.165) is 0 Å². The Labute approximate surface area is 182 Å². The first kappa shape index (κ1) is 23.2. The van der Waals surface area contributed by atoms with E-state index in [-0.39, 0.29) is 41.5 Å². The van der Waals surface area contributed by atoms with Gasteiger partial charge in [-0.25, -0.2) is 12.8 Å². The Morgan fingerprint density at radius 1 is 1.19 bits per heavy atom. The minimum absolute atomic E-state index is 0.0459. The largest absolute Gasteiger partial charge is 0.494 e. The van der Waals surface area contributed by atoms with Crippen molar-refractivity contribution in [1.82, 2.24) is 9.62 Å². The van der Waals surface area contributed by atoms with E-state index in [1.807, 2.05) is 13.8 Å². The number of amides is 1. The molecule has 1 saturated heterocycles. The summed E-state index contributed by atoms with van der Waals surface area (Å²) in [5.74, 6) is -0.861. The molecule has 1 aliphatic heterocycles. The molecule has 0 radical (unpaired) electrons. The van der Waals surface area contributed by atoms with Gasteiger partial charge in [-0.1, -0.05) is 12.1 Å². The van der Waals surface area contributed by atoms with Gasteiger partial charge in [0.05, 0.1) is 30.3 Å². The minimum Gasteiger partial charge on any atom is -0.494 e. The summed E-state index contributed by atoms with van der Waals surface area (Å²) >= 11 is 0. The van der Waals surface area contributed by atoms with Gasteiger partial charge in [-0.15, -0.1) is 0 Å². The summed E-state index contributed by atoms with van der Waals surface area (Å²) in [5, 5.41) is 2.77. The standard InChI is InChI=1S/C22H27FN2O5S/c1-14-12-25(13-15(2)30-14)31(27,28)19-7-5-6-18(10-19)22(26)24-16(3)17-8-9-21(29-4)20(23)11-17/h5-11,14-16H,12-13H2,1-4H3,(H,24,26). The van der Waals surface area contributed by atoms with Crippen molar-refractivity contribution in [2.45, 2.75) is 43.9 Å². The predicted molar refractivity (Wildman–Crippen MR) is 114 cm³/mol. The normalized spacial score (nSPS) is 20.8. The van der Waals surface area contributed by atoms with Crippen LogP contribution in [-0.4, -0.2) is 51.0 Å². The van der Waals surface area contributed by atoms with Gasteiger partial charge in [0.15, 0.2) is 11.6 Å². The van der Waals surface area contributed by atoms with E-state index in [2.05, 4.69) is 5.32 Å². The highest BCUT2D eigenvalue weighted by Gasteiger charge is 2.32.